The summed E-state index contributed by atoms with van der Waals surface area (Å²) in [6.07, 6.45) is 0.975. The summed E-state index contributed by atoms with van der Waals surface area (Å²) in [6, 6.07) is 9.33. The molecule has 0 radical (unpaired) electrons. The second-order valence-electron chi connectivity index (χ2n) is 6.46. The van der Waals surface area contributed by atoms with Crippen molar-refractivity contribution in [1.29, 1.82) is 0 Å². The molecule has 0 spiro atoms. The fourth-order valence-corrected chi connectivity index (χ4v) is 3.09. The van der Waals surface area contributed by atoms with Gasteiger partial charge >= 0.3 is 0 Å². The summed E-state index contributed by atoms with van der Waals surface area (Å²) in [5, 5.41) is 0. The molecule has 0 saturated carbocycles. The van der Waals surface area contributed by atoms with Crippen molar-refractivity contribution in [2.45, 2.75) is 45.1 Å². The standard InChI is InChI=1S/C17H24N2O2/c1-12(2)9-14(11-18)19-15(20)10-17(3,16(19)21)13-7-5-4-6-8-13/h4-8,12,14H,9-11,18H2,1-3H3. The summed E-state index contributed by atoms with van der Waals surface area (Å²) in [4.78, 5) is 26.7. The van der Waals surface area contributed by atoms with Crippen LogP contribution in [0.5, 0.6) is 0 Å². The number of carbonyl (C=O) groups excluding carboxylic acids is 2. The Morgan fingerprint density at radius 3 is 2.38 bits per heavy atom. The molecular weight excluding hydrogens is 264 g/mol. The monoisotopic (exact) mass is 288 g/mol. The first-order valence-corrected chi connectivity index (χ1v) is 7.52. The lowest BCUT2D eigenvalue weighted by atomic mass is 9.81. The number of hydrogen-bond acceptors (Lipinski definition) is 3. The summed E-state index contributed by atoms with van der Waals surface area (Å²) >= 11 is 0. The summed E-state index contributed by atoms with van der Waals surface area (Å²) in [5.41, 5.74) is 5.94. The van der Waals surface area contributed by atoms with Crippen LogP contribution in [-0.2, 0) is 15.0 Å². The molecule has 0 aliphatic carbocycles. The minimum atomic E-state index is -0.761. The van der Waals surface area contributed by atoms with E-state index in [0.29, 0.717) is 12.5 Å². The predicted molar refractivity (Wildman–Crippen MR) is 82.6 cm³/mol. The van der Waals surface area contributed by atoms with Crippen molar-refractivity contribution >= 4 is 11.8 Å². The Balaban J connectivity index is 2.32. The molecule has 1 aliphatic heterocycles. The van der Waals surface area contributed by atoms with E-state index in [1.807, 2.05) is 37.3 Å². The van der Waals surface area contributed by atoms with E-state index in [1.165, 1.54) is 4.90 Å². The molecule has 1 aromatic carbocycles. The zero-order valence-corrected chi connectivity index (χ0v) is 13.0. The fourth-order valence-electron chi connectivity index (χ4n) is 3.09. The number of likely N-dealkylation sites (tertiary alicyclic amines) is 1. The highest BCUT2D eigenvalue weighted by molar-refractivity contribution is 6.09. The Bertz CT molecular complexity index is 527. The number of nitrogens with zero attached hydrogens (tertiary/aromatic N) is 1. The van der Waals surface area contributed by atoms with Gasteiger partial charge in [-0.2, -0.15) is 0 Å². The Labute approximate surface area is 126 Å². The highest BCUT2D eigenvalue weighted by Crippen LogP contribution is 2.37. The van der Waals surface area contributed by atoms with Crippen LogP contribution in [0.1, 0.15) is 39.2 Å². The van der Waals surface area contributed by atoms with E-state index in [1.54, 1.807) is 0 Å². The molecule has 114 valence electrons. The van der Waals surface area contributed by atoms with Crippen molar-refractivity contribution in [3.05, 3.63) is 35.9 Å². The fraction of sp³-hybridized carbons (Fsp3) is 0.529. The smallest absolute Gasteiger partial charge is 0.240 e. The van der Waals surface area contributed by atoms with E-state index < -0.39 is 5.41 Å². The molecule has 2 amide bonds. The lowest BCUT2D eigenvalue weighted by molar-refractivity contribution is -0.142. The van der Waals surface area contributed by atoms with Crippen LogP contribution in [0.3, 0.4) is 0 Å². The molecule has 0 aromatic heterocycles. The Hall–Kier alpha value is -1.68. The van der Waals surface area contributed by atoms with Crippen molar-refractivity contribution in [1.82, 2.24) is 4.90 Å². The number of nitrogens with two attached hydrogens (primary N) is 1. The van der Waals surface area contributed by atoms with Crippen LogP contribution in [-0.4, -0.2) is 29.3 Å². The second-order valence-corrected chi connectivity index (χ2v) is 6.46. The summed E-state index contributed by atoms with van der Waals surface area (Å²) in [5.74, 6) is 0.167. The van der Waals surface area contributed by atoms with Gasteiger partial charge < -0.3 is 5.73 Å². The highest BCUT2D eigenvalue weighted by atomic mass is 16.2. The van der Waals surface area contributed by atoms with Crippen LogP contribution in [0.25, 0.3) is 0 Å². The topological polar surface area (TPSA) is 63.4 Å². The molecule has 1 fully saturated rings. The lowest BCUT2D eigenvalue weighted by Gasteiger charge is -2.29. The highest BCUT2D eigenvalue weighted by Gasteiger charge is 2.51. The van der Waals surface area contributed by atoms with Crippen molar-refractivity contribution < 1.29 is 9.59 Å². The largest absolute Gasteiger partial charge is 0.328 e. The SMILES string of the molecule is CC(C)CC(CN)N1C(=O)CC(C)(c2ccccc2)C1=O. The van der Waals surface area contributed by atoms with Crippen molar-refractivity contribution in [2.75, 3.05) is 6.54 Å². The van der Waals surface area contributed by atoms with Crippen LogP contribution < -0.4 is 5.73 Å². The number of benzene rings is 1. The van der Waals surface area contributed by atoms with Crippen LogP contribution >= 0.6 is 0 Å². The summed E-state index contributed by atoms with van der Waals surface area (Å²) in [6.45, 7) is 6.32. The minimum Gasteiger partial charge on any atom is -0.328 e. The third-order valence-electron chi connectivity index (χ3n) is 4.26. The number of rotatable bonds is 5. The van der Waals surface area contributed by atoms with Gasteiger partial charge in [0.15, 0.2) is 0 Å². The van der Waals surface area contributed by atoms with Gasteiger partial charge in [0.2, 0.25) is 11.8 Å². The van der Waals surface area contributed by atoms with E-state index >= 15 is 0 Å². The molecule has 2 N–H and O–H groups in total. The van der Waals surface area contributed by atoms with Crippen LogP contribution in [0.15, 0.2) is 30.3 Å². The molecule has 21 heavy (non-hydrogen) atoms. The zero-order chi connectivity index (χ0) is 15.6. The molecule has 4 nitrogen and oxygen atoms in total. The molecule has 4 heteroatoms. The van der Waals surface area contributed by atoms with Crippen molar-refractivity contribution in [3.8, 4) is 0 Å². The van der Waals surface area contributed by atoms with Gasteiger partial charge in [-0.25, -0.2) is 0 Å². The number of carbonyl (C=O) groups is 2. The van der Waals surface area contributed by atoms with Crippen LogP contribution in [0.2, 0.25) is 0 Å². The number of hydrogen-bond donors (Lipinski definition) is 1. The van der Waals surface area contributed by atoms with Crippen LogP contribution in [0, 0.1) is 5.92 Å². The molecule has 2 unspecified atom stereocenters. The van der Waals surface area contributed by atoms with Crippen molar-refractivity contribution in [3.63, 3.8) is 0 Å². The Kier molecular flexibility index (Phi) is 4.47. The number of amides is 2. The predicted octanol–water partition coefficient (Wildman–Crippen LogP) is 2.08. The van der Waals surface area contributed by atoms with Crippen LogP contribution in [0.4, 0.5) is 0 Å². The first kappa shape index (κ1) is 15.7. The molecule has 1 heterocycles. The average Bonchev–Trinajstić information content (AvgIpc) is 2.68. The normalized spacial score (nSPS) is 24.0. The Morgan fingerprint density at radius 2 is 1.86 bits per heavy atom. The maximum Gasteiger partial charge on any atom is 0.240 e. The van der Waals surface area contributed by atoms with E-state index in [2.05, 4.69) is 13.8 Å². The Morgan fingerprint density at radius 1 is 1.24 bits per heavy atom. The maximum absolute atomic E-state index is 12.9. The van der Waals surface area contributed by atoms with Gasteiger partial charge in [0, 0.05) is 13.0 Å². The first-order valence-electron chi connectivity index (χ1n) is 7.52. The maximum atomic E-state index is 12.9. The molecule has 2 atom stereocenters. The van der Waals surface area contributed by atoms with Gasteiger partial charge in [-0.15, -0.1) is 0 Å². The third-order valence-corrected chi connectivity index (χ3v) is 4.26. The number of imide groups is 1. The van der Waals surface area contributed by atoms with Gasteiger partial charge in [0.1, 0.15) is 0 Å². The molecule has 1 saturated heterocycles. The second kappa shape index (κ2) is 5.98. The van der Waals surface area contributed by atoms with Gasteiger partial charge in [0.25, 0.3) is 0 Å². The van der Waals surface area contributed by atoms with E-state index in [-0.39, 0.29) is 24.3 Å². The van der Waals surface area contributed by atoms with Gasteiger partial charge in [-0.05, 0) is 24.8 Å². The molecule has 2 rings (SSSR count). The van der Waals surface area contributed by atoms with E-state index in [4.69, 9.17) is 5.73 Å². The quantitative estimate of drug-likeness (QED) is 0.844. The minimum absolute atomic E-state index is 0.109. The zero-order valence-electron chi connectivity index (χ0n) is 13.0. The molecule has 1 aliphatic rings. The molecule has 1 aromatic rings. The summed E-state index contributed by atoms with van der Waals surface area (Å²) < 4.78 is 0. The van der Waals surface area contributed by atoms with Crippen molar-refractivity contribution in [2.24, 2.45) is 11.7 Å². The van der Waals surface area contributed by atoms with Gasteiger partial charge in [-0.3, -0.25) is 14.5 Å². The van der Waals surface area contributed by atoms with E-state index in [0.717, 1.165) is 12.0 Å². The molecule has 0 bridgehead atoms. The van der Waals surface area contributed by atoms with Gasteiger partial charge in [0.05, 0.1) is 11.5 Å². The molecular formula is C17H24N2O2. The average molecular weight is 288 g/mol. The lowest BCUT2D eigenvalue weighted by Crippen LogP contribution is -2.47. The first-order chi connectivity index (χ1) is 9.90. The van der Waals surface area contributed by atoms with Gasteiger partial charge in [-0.1, -0.05) is 44.2 Å². The van der Waals surface area contributed by atoms with E-state index in [9.17, 15) is 9.59 Å². The summed E-state index contributed by atoms with van der Waals surface area (Å²) in [7, 11) is 0. The third kappa shape index (κ3) is 2.86.